The fourth-order valence-electron chi connectivity index (χ4n) is 2.88. The number of pyridine rings is 1. The number of hydrogen-bond donors (Lipinski definition) is 1. The molecule has 0 fully saturated rings. The summed E-state index contributed by atoms with van der Waals surface area (Å²) in [5.74, 6) is 0.0740. The van der Waals surface area contributed by atoms with Crippen LogP contribution in [0.1, 0.15) is 18.1 Å². The Morgan fingerprint density at radius 2 is 1.96 bits per heavy atom. The number of rotatable bonds is 4. The van der Waals surface area contributed by atoms with Gasteiger partial charge in [-0.3, -0.25) is 4.79 Å². The van der Waals surface area contributed by atoms with Gasteiger partial charge in [0.2, 0.25) is 0 Å². The lowest BCUT2D eigenvalue weighted by atomic mass is 10.2. The largest absolute Gasteiger partial charge is 0.305 e. The van der Waals surface area contributed by atoms with E-state index in [2.05, 4.69) is 20.1 Å². The molecule has 0 atom stereocenters. The van der Waals surface area contributed by atoms with E-state index in [1.165, 1.54) is 6.07 Å². The zero-order chi connectivity index (χ0) is 18.1. The molecule has 6 nitrogen and oxygen atoms in total. The number of aryl methyl sites for hydroxylation is 1. The molecule has 0 aliphatic heterocycles. The number of nitrogens with zero attached hydrogens (tertiary/aromatic N) is 4. The molecule has 1 aromatic carbocycles. The topological polar surface area (TPSA) is 76.5 Å². The number of nitrogens with one attached hydrogen (secondary N) is 1. The maximum atomic E-state index is 14.0. The normalized spacial score (nSPS) is 11.2. The van der Waals surface area contributed by atoms with Crippen molar-refractivity contribution in [3.63, 3.8) is 0 Å². The standard InChI is InChI=1S/C19H16FN5O/c1-2-12-10-22-17(23-19(12)26)16-14-7-5-9-21-18(14)25(24-16)11-13-6-3-4-8-15(13)20/h3-10H,2,11H2,1H3,(H,22,23,26). The molecular formula is C19H16FN5O. The first-order valence-corrected chi connectivity index (χ1v) is 8.31. The Kier molecular flexibility index (Phi) is 4.04. The highest BCUT2D eigenvalue weighted by Crippen LogP contribution is 2.24. The quantitative estimate of drug-likeness (QED) is 0.615. The average molecular weight is 349 g/mol. The SMILES string of the molecule is CCc1cnc(-c2nn(Cc3ccccc3F)c3ncccc23)[nH]c1=O. The van der Waals surface area contributed by atoms with E-state index < -0.39 is 0 Å². The van der Waals surface area contributed by atoms with E-state index in [0.29, 0.717) is 34.7 Å². The van der Waals surface area contributed by atoms with Gasteiger partial charge in [0.05, 0.1) is 11.9 Å². The highest BCUT2D eigenvalue weighted by Gasteiger charge is 2.16. The van der Waals surface area contributed by atoms with Crippen LogP contribution in [-0.4, -0.2) is 24.7 Å². The van der Waals surface area contributed by atoms with E-state index in [4.69, 9.17) is 0 Å². The molecule has 3 aromatic heterocycles. The first-order valence-electron chi connectivity index (χ1n) is 8.31. The molecule has 0 spiro atoms. The van der Waals surface area contributed by atoms with E-state index in [1.54, 1.807) is 41.3 Å². The van der Waals surface area contributed by atoms with Crippen LogP contribution in [0, 0.1) is 5.82 Å². The van der Waals surface area contributed by atoms with Crippen LogP contribution in [0.25, 0.3) is 22.6 Å². The van der Waals surface area contributed by atoms with Crippen LogP contribution in [-0.2, 0) is 13.0 Å². The Morgan fingerprint density at radius 1 is 1.12 bits per heavy atom. The van der Waals surface area contributed by atoms with Crippen LogP contribution in [0.4, 0.5) is 4.39 Å². The van der Waals surface area contributed by atoms with Crippen molar-refractivity contribution in [2.24, 2.45) is 0 Å². The van der Waals surface area contributed by atoms with Crippen LogP contribution in [0.3, 0.4) is 0 Å². The Morgan fingerprint density at radius 3 is 2.73 bits per heavy atom. The lowest BCUT2D eigenvalue weighted by Gasteiger charge is -2.04. The summed E-state index contributed by atoms with van der Waals surface area (Å²) < 4.78 is 15.6. The van der Waals surface area contributed by atoms with Gasteiger partial charge < -0.3 is 4.98 Å². The number of aromatic nitrogens is 5. The molecule has 7 heteroatoms. The minimum atomic E-state index is -0.299. The lowest BCUT2D eigenvalue weighted by Crippen LogP contribution is -2.14. The van der Waals surface area contributed by atoms with Gasteiger partial charge in [-0.15, -0.1) is 0 Å². The number of H-pyrrole nitrogens is 1. The Balaban J connectivity index is 1.86. The molecule has 3 heterocycles. The number of halogens is 1. The van der Waals surface area contributed by atoms with Crippen molar-refractivity contribution in [2.45, 2.75) is 19.9 Å². The third kappa shape index (κ3) is 2.77. The van der Waals surface area contributed by atoms with Gasteiger partial charge in [0.15, 0.2) is 11.5 Å². The highest BCUT2D eigenvalue weighted by atomic mass is 19.1. The van der Waals surface area contributed by atoms with Crippen LogP contribution in [0.2, 0.25) is 0 Å². The van der Waals surface area contributed by atoms with Crippen molar-refractivity contribution in [3.05, 3.63) is 76.1 Å². The zero-order valence-corrected chi connectivity index (χ0v) is 14.1. The van der Waals surface area contributed by atoms with Crippen LogP contribution in [0.15, 0.2) is 53.6 Å². The molecular weight excluding hydrogens is 333 g/mol. The van der Waals surface area contributed by atoms with Crippen molar-refractivity contribution >= 4 is 11.0 Å². The predicted octanol–water partition coefficient (Wildman–Crippen LogP) is 2.93. The molecule has 0 saturated heterocycles. The average Bonchev–Trinajstić information content (AvgIpc) is 3.02. The van der Waals surface area contributed by atoms with Gasteiger partial charge in [-0.25, -0.2) is 19.0 Å². The van der Waals surface area contributed by atoms with Gasteiger partial charge in [0, 0.05) is 23.5 Å². The molecule has 4 aromatic rings. The number of benzene rings is 1. The molecule has 0 radical (unpaired) electrons. The summed E-state index contributed by atoms with van der Waals surface area (Å²) in [6.07, 6.45) is 3.82. The first-order chi connectivity index (χ1) is 12.7. The van der Waals surface area contributed by atoms with E-state index in [9.17, 15) is 9.18 Å². The monoisotopic (exact) mass is 349 g/mol. The smallest absolute Gasteiger partial charge is 0.254 e. The number of hydrogen-bond acceptors (Lipinski definition) is 4. The van der Waals surface area contributed by atoms with Crippen molar-refractivity contribution < 1.29 is 4.39 Å². The van der Waals surface area contributed by atoms with Gasteiger partial charge in [-0.2, -0.15) is 5.10 Å². The van der Waals surface area contributed by atoms with E-state index in [0.717, 1.165) is 5.39 Å². The van der Waals surface area contributed by atoms with Gasteiger partial charge in [-0.05, 0) is 24.6 Å². The van der Waals surface area contributed by atoms with Crippen LogP contribution < -0.4 is 5.56 Å². The Bertz CT molecular complexity index is 1150. The molecule has 130 valence electrons. The molecule has 0 saturated carbocycles. The highest BCUT2D eigenvalue weighted by molar-refractivity contribution is 5.89. The predicted molar refractivity (Wildman–Crippen MR) is 96.3 cm³/mol. The summed E-state index contributed by atoms with van der Waals surface area (Å²) in [5.41, 5.74) is 2.06. The fourth-order valence-corrected chi connectivity index (χ4v) is 2.88. The molecule has 4 rings (SSSR count). The summed E-state index contributed by atoms with van der Waals surface area (Å²) in [6, 6.07) is 10.2. The maximum Gasteiger partial charge on any atom is 0.254 e. The van der Waals surface area contributed by atoms with E-state index >= 15 is 0 Å². The van der Waals surface area contributed by atoms with Gasteiger partial charge in [0.1, 0.15) is 11.5 Å². The summed E-state index contributed by atoms with van der Waals surface area (Å²) in [7, 11) is 0. The van der Waals surface area contributed by atoms with Crippen molar-refractivity contribution in [1.82, 2.24) is 24.7 Å². The zero-order valence-electron chi connectivity index (χ0n) is 14.1. The second kappa shape index (κ2) is 6.51. The summed E-state index contributed by atoms with van der Waals surface area (Å²) in [6.45, 7) is 2.13. The number of fused-ring (bicyclic) bond motifs is 1. The second-order valence-corrected chi connectivity index (χ2v) is 5.91. The van der Waals surface area contributed by atoms with Gasteiger partial charge in [-0.1, -0.05) is 25.1 Å². The van der Waals surface area contributed by atoms with Crippen molar-refractivity contribution in [1.29, 1.82) is 0 Å². The summed E-state index contributed by atoms with van der Waals surface area (Å²) >= 11 is 0. The third-order valence-corrected chi connectivity index (χ3v) is 4.26. The summed E-state index contributed by atoms with van der Waals surface area (Å²) in [4.78, 5) is 23.6. The second-order valence-electron chi connectivity index (χ2n) is 5.91. The fraction of sp³-hybridized carbons (Fsp3) is 0.158. The van der Waals surface area contributed by atoms with E-state index in [1.807, 2.05) is 13.0 Å². The molecule has 26 heavy (non-hydrogen) atoms. The molecule has 0 aliphatic carbocycles. The molecule has 0 aliphatic rings. The molecule has 0 unspecified atom stereocenters. The molecule has 0 bridgehead atoms. The first kappa shape index (κ1) is 16.1. The minimum absolute atomic E-state index is 0.182. The summed E-state index contributed by atoms with van der Waals surface area (Å²) in [5, 5.41) is 5.29. The third-order valence-electron chi connectivity index (χ3n) is 4.26. The number of aromatic amines is 1. The van der Waals surface area contributed by atoms with Crippen molar-refractivity contribution in [3.8, 4) is 11.5 Å². The Labute approximate surface area is 148 Å². The molecule has 1 N–H and O–H groups in total. The van der Waals surface area contributed by atoms with E-state index in [-0.39, 0.29) is 17.9 Å². The van der Waals surface area contributed by atoms with Crippen LogP contribution in [0.5, 0.6) is 0 Å². The lowest BCUT2D eigenvalue weighted by molar-refractivity contribution is 0.589. The van der Waals surface area contributed by atoms with Crippen molar-refractivity contribution in [2.75, 3.05) is 0 Å². The molecule has 0 amide bonds. The van der Waals surface area contributed by atoms with Crippen LogP contribution >= 0.6 is 0 Å². The van der Waals surface area contributed by atoms with Gasteiger partial charge >= 0.3 is 0 Å². The maximum absolute atomic E-state index is 14.0. The minimum Gasteiger partial charge on any atom is -0.305 e. The van der Waals surface area contributed by atoms with Gasteiger partial charge in [0.25, 0.3) is 5.56 Å². The Hall–Kier alpha value is -3.35.